The third kappa shape index (κ3) is 5.88. The number of aromatic nitrogens is 3. The number of alkyl halides is 3. The summed E-state index contributed by atoms with van der Waals surface area (Å²) in [5, 5.41) is 9.65. The van der Waals surface area contributed by atoms with Crippen LogP contribution in [0.2, 0.25) is 0 Å². The Labute approximate surface area is 227 Å². The van der Waals surface area contributed by atoms with Crippen molar-refractivity contribution in [2.45, 2.75) is 38.4 Å². The molecule has 7 nitrogen and oxygen atoms in total. The van der Waals surface area contributed by atoms with Crippen molar-refractivity contribution in [1.29, 1.82) is 0 Å². The molecule has 0 radical (unpaired) electrons. The van der Waals surface area contributed by atoms with Crippen LogP contribution in [0, 0.1) is 6.92 Å². The zero-order valence-corrected chi connectivity index (χ0v) is 21.9. The standard InChI is InChI=1S/C28H26F3N5O2S/c1-18-23(16-33-36(18)22-5-3-2-4-6-22)27(38)35-13-11-20(12-14-35)26-34-24(17-39-26)25(37)32-15-19-7-9-21(10-8-19)28(29,30)31/h2-10,16-17,20H,11-15H2,1H3,(H,32,37). The highest BCUT2D eigenvalue weighted by atomic mass is 32.1. The fraction of sp³-hybridized carbons (Fsp3) is 0.286. The van der Waals surface area contributed by atoms with Gasteiger partial charge in [-0.1, -0.05) is 30.3 Å². The average molecular weight is 554 g/mol. The molecule has 4 aromatic rings. The number of carbonyl (C=O) groups excluding carboxylic acids is 2. The minimum Gasteiger partial charge on any atom is -0.347 e. The Bertz CT molecular complexity index is 1460. The molecule has 5 rings (SSSR count). The van der Waals surface area contributed by atoms with E-state index in [4.69, 9.17) is 0 Å². The van der Waals surface area contributed by atoms with E-state index in [9.17, 15) is 22.8 Å². The molecule has 2 amide bonds. The van der Waals surface area contributed by atoms with Crippen molar-refractivity contribution in [2.75, 3.05) is 13.1 Å². The summed E-state index contributed by atoms with van der Waals surface area (Å²) in [6, 6.07) is 14.4. The second-order valence-corrected chi connectivity index (χ2v) is 10.3. The molecule has 1 saturated heterocycles. The van der Waals surface area contributed by atoms with E-state index in [1.165, 1.54) is 23.5 Å². The average Bonchev–Trinajstić information content (AvgIpc) is 3.59. The van der Waals surface area contributed by atoms with Crippen molar-refractivity contribution in [3.05, 3.63) is 99.3 Å². The molecule has 202 valence electrons. The van der Waals surface area contributed by atoms with Crippen molar-refractivity contribution in [3.8, 4) is 5.69 Å². The molecule has 2 aromatic heterocycles. The number of nitrogens with zero attached hydrogens (tertiary/aromatic N) is 4. The Balaban J connectivity index is 1.15. The first-order valence-electron chi connectivity index (χ1n) is 12.5. The van der Waals surface area contributed by atoms with E-state index in [0.29, 0.717) is 24.2 Å². The van der Waals surface area contributed by atoms with Gasteiger partial charge >= 0.3 is 6.18 Å². The van der Waals surface area contributed by atoms with Gasteiger partial charge in [-0.2, -0.15) is 18.3 Å². The monoisotopic (exact) mass is 553 g/mol. The van der Waals surface area contributed by atoms with E-state index < -0.39 is 11.7 Å². The number of halogens is 3. The fourth-order valence-corrected chi connectivity index (χ4v) is 5.58. The highest BCUT2D eigenvalue weighted by Crippen LogP contribution is 2.32. The van der Waals surface area contributed by atoms with Gasteiger partial charge in [0.15, 0.2) is 0 Å². The summed E-state index contributed by atoms with van der Waals surface area (Å²) in [4.78, 5) is 32.1. The maximum absolute atomic E-state index is 13.2. The van der Waals surface area contributed by atoms with Crippen LogP contribution in [-0.4, -0.2) is 44.6 Å². The molecule has 2 aromatic carbocycles. The van der Waals surface area contributed by atoms with Gasteiger partial charge in [0.2, 0.25) is 0 Å². The first-order chi connectivity index (χ1) is 18.7. The predicted octanol–water partition coefficient (Wildman–Crippen LogP) is 5.61. The third-order valence-electron chi connectivity index (χ3n) is 6.86. The second kappa shape index (κ2) is 11.0. The number of likely N-dealkylation sites (tertiary alicyclic amines) is 1. The number of benzene rings is 2. The SMILES string of the molecule is Cc1c(C(=O)N2CCC(c3nc(C(=O)NCc4ccc(C(F)(F)F)cc4)cs3)CC2)cnn1-c1ccccc1. The molecule has 11 heteroatoms. The van der Waals surface area contributed by atoms with E-state index in [1.54, 1.807) is 16.3 Å². The van der Waals surface area contributed by atoms with E-state index >= 15 is 0 Å². The highest BCUT2D eigenvalue weighted by molar-refractivity contribution is 7.09. The number of amides is 2. The second-order valence-electron chi connectivity index (χ2n) is 9.41. The maximum atomic E-state index is 13.2. The van der Waals surface area contributed by atoms with E-state index in [0.717, 1.165) is 41.4 Å². The lowest BCUT2D eigenvalue weighted by Crippen LogP contribution is -2.38. The molecule has 1 aliphatic heterocycles. The summed E-state index contributed by atoms with van der Waals surface area (Å²) in [6.45, 7) is 3.15. The minimum absolute atomic E-state index is 0.0457. The molecule has 0 atom stereocenters. The fourth-order valence-electron chi connectivity index (χ4n) is 4.61. The smallest absolute Gasteiger partial charge is 0.347 e. The summed E-state index contributed by atoms with van der Waals surface area (Å²) in [6.07, 6.45) is -1.31. The van der Waals surface area contributed by atoms with Crippen LogP contribution < -0.4 is 5.32 Å². The number of thiazole rings is 1. The summed E-state index contributed by atoms with van der Waals surface area (Å²) in [5.41, 5.74) is 2.39. The first kappa shape index (κ1) is 26.6. The molecule has 0 spiro atoms. The van der Waals surface area contributed by atoms with E-state index in [-0.39, 0.29) is 30.0 Å². The van der Waals surface area contributed by atoms with Crippen LogP contribution in [-0.2, 0) is 12.7 Å². The Morgan fingerprint density at radius 2 is 1.74 bits per heavy atom. The summed E-state index contributed by atoms with van der Waals surface area (Å²) < 4.78 is 39.9. The molecule has 1 fully saturated rings. The zero-order chi connectivity index (χ0) is 27.6. The molecule has 0 bridgehead atoms. The molecule has 0 aliphatic carbocycles. The molecule has 0 saturated carbocycles. The summed E-state index contributed by atoms with van der Waals surface area (Å²) in [5.74, 6) is -0.282. The lowest BCUT2D eigenvalue weighted by atomic mass is 9.97. The number of carbonyl (C=O) groups is 2. The third-order valence-corrected chi connectivity index (χ3v) is 7.87. The minimum atomic E-state index is -4.40. The number of hydrogen-bond donors (Lipinski definition) is 1. The molecule has 0 unspecified atom stereocenters. The largest absolute Gasteiger partial charge is 0.416 e. The van der Waals surface area contributed by atoms with Crippen LogP contribution in [0.4, 0.5) is 13.2 Å². The van der Waals surface area contributed by atoms with E-state index in [2.05, 4.69) is 15.4 Å². The maximum Gasteiger partial charge on any atom is 0.416 e. The van der Waals surface area contributed by atoms with Crippen LogP contribution in [0.1, 0.15) is 61.4 Å². The van der Waals surface area contributed by atoms with Gasteiger partial charge in [-0.3, -0.25) is 9.59 Å². The molecular formula is C28H26F3N5O2S. The number of para-hydroxylation sites is 1. The number of nitrogens with one attached hydrogen (secondary N) is 1. The Morgan fingerprint density at radius 1 is 1.05 bits per heavy atom. The van der Waals surface area contributed by atoms with Crippen LogP contribution in [0.15, 0.2) is 66.2 Å². The zero-order valence-electron chi connectivity index (χ0n) is 21.1. The highest BCUT2D eigenvalue weighted by Gasteiger charge is 2.30. The predicted molar refractivity (Wildman–Crippen MR) is 141 cm³/mol. The first-order valence-corrected chi connectivity index (χ1v) is 13.4. The van der Waals surface area contributed by atoms with Gasteiger partial charge in [0.05, 0.1) is 33.7 Å². The van der Waals surface area contributed by atoms with Crippen molar-refractivity contribution in [3.63, 3.8) is 0 Å². The van der Waals surface area contributed by atoms with Crippen molar-refractivity contribution in [1.82, 2.24) is 25.0 Å². The summed E-state index contributed by atoms with van der Waals surface area (Å²) in [7, 11) is 0. The van der Waals surface area contributed by atoms with Gasteiger partial charge in [-0.05, 0) is 49.6 Å². The quantitative estimate of drug-likeness (QED) is 0.337. The number of rotatable bonds is 6. The topological polar surface area (TPSA) is 80.1 Å². The van der Waals surface area contributed by atoms with Gasteiger partial charge < -0.3 is 10.2 Å². The number of hydrogen-bond acceptors (Lipinski definition) is 5. The van der Waals surface area contributed by atoms with Crippen LogP contribution in [0.25, 0.3) is 5.69 Å². The van der Waals surface area contributed by atoms with Crippen LogP contribution in [0.3, 0.4) is 0 Å². The van der Waals surface area contributed by atoms with Gasteiger partial charge in [-0.15, -0.1) is 11.3 Å². The Morgan fingerprint density at radius 3 is 2.41 bits per heavy atom. The molecule has 1 aliphatic rings. The lowest BCUT2D eigenvalue weighted by molar-refractivity contribution is -0.137. The Hall–Kier alpha value is -3.99. The number of piperidine rings is 1. The molecule has 39 heavy (non-hydrogen) atoms. The summed E-state index contributed by atoms with van der Waals surface area (Å²) >= 11 is 1.41. The lowest BCUT2D eigenvalue weighted by Gasteiger charge is -2.31. The molecular weight excluding hydrogens is 527 g/mol. The van der Waals surface area contributed by atoms with Gasteiger partial charge in [0.1, 0.15) is 5.69 Å². The van der Waals surface area contributed by atoms with Crippen LogP contribution in [0.5, 0.6) is 0 Å². The van der Waals surface area contributed by atoms with Crippen molar-refractivity contribution < 1.29 is 22.8 Å². The van der Waals surface area contributed by atoms with Gasteiger partial charge in [-0.25, -0.2) is 9.67 Å². The van der Waals surface area contributed by atoms with Crippen molar-refractivity contribution in [2.24, 2.45) is 0 Å². The van der Waals surface area contributed by atoms with Gasteiger partial charge in [0, 0.05) is 30.9 Å². The van der Waals surface area contributed by atoms with Gasteiger partial charge in [0.25, 0.3) is 11.8 Å². The molecule has 3 heterocycles. The Kier molecular flexibility index (Phi) is 7.51. The van der Waals surface area contributed by atoms with E-state index in [1.807, 2.05) is 42.2 Å². The normalized spacial score (nSPS) is 14.4. The van der Waals surface area contributed by atoms with Crippen molar-refractivity contribution >= 4 is 23.2 Å². The van der Waals surface area contributed by atoms with Crippen LogP contribution >= 0.6 is 11.3 Å². The molecule has 1 N–H and O–H groups in total.